The first-order valence-electron chi connectivity index (χ1n) is 9.01. The molecule has 0 aromatic heterocycles. The van der Waals surface area contributed by atoms with Crippen LogP contribution in [0.1, 0.15) is 37.8 Å². The number of hydrogen-bond acceptors (Lipinski definition) is 4. The van der Waals surface area contributed by atoms with Crippen molar-refractivity contribution in [2.45, 2.75) is 33.3 Å². The van der Waals surface area contributed by atoms with Crippen LogP contribution in [0.5, 0.6) is 5.75 Å². The zero-order valence-corrected chi connectivity index (χ0v) is 15.4. The van der Waals surface area contributed by atoms with Gasteiger partial charge in [0.15, 0.2) is 0 Å². The van der Waals surface area contributed by atoms with Gasteiger partial charge in [0, 0.05) is 0 Å². The number of esters is 1. The van der Waals surface area contributed by atoms with E-state index in [0.29, 0.717) is 19.8 Å². The second kappa shape index (κ2) is 11.0. The summed E-state index contributed by atoms with van der Waals surface area (Å²) in [6.45, 7) is 5.33. The molecule has 0 fully saturated rings. The molecule has 26 heavy (non-hydrogen) atoms. The first-order chi connectivity index (χ1) is 12.7. The molecule has 0 unspecified atom stereocenters. The molecule has 2 rings (SSSR count). The van der Waals surface area contributed by atoms with Crippen LogP contribution >= 0.6 is 0 Å². The molecular formula is C22H26O4. The van der Waals surface area contributed by atoms with Crippen molar-refractivity contribution in [2.24, 2.45) is 0 Å². The van der Waals surface area contributed by atoms with Gasteiger partial charge in [-0.3, -0.25) is 0 Å². The summed E-state index contributed by atoms with van der Waals surface area (Å²) >= 11 is 0. The molecule has 0 spiro atoms. The molecule has 138 valence electrons. The highest BCUT2D eigenvalue weighted by molar-refractivity contribution is 5.91. The molecule has 0 aliphatic carbocycles. The normalized spacial score (nSPS) is 11.1. The maximum Gasteiger partial charge on any atom is 0.373 e. The molecule has 0 radical (unpaired) electrons. The number of rotatable bonds is 10. The molecule has 0 atom stereocenters. The van der Waals surface area contributed by atoms with Gasteiger partial charge in [-0.2, -0.15) is 0 Å². The molecule has 0 saturated heterocycles. The Hall–Kier alpha value is -2.75. The highest BCUT2D eigenvalue weighted by Gasteiger charge is 2.12. The maximum absolute atomic E-state index is 12.1. The second-order valence-corrected chi connectivity index (χ2v) is 5.84. The fraction of sp³-hybridized carbons (Fsp3) is 0.318. The van der Waals surface area contributed by atoms with Gasteiger partial charge in [0.05, 0.1) is 13.2 Å². The van der Waals surface area contributed by atoms with Gasteiger partial charge in [-0.15, -0.1) is 0 Å². The van der Waals surface area contributed by atoms with Crippen molar-refractivity contribution in [1.29, 1.82) is 0 Å². The van der Waals surface area contributed by atoms with Crippen molar-refractivity contribution in [2.75, 3.05) is 13.2 Å². The zero-order valence-electron chi connectivity index (χ0n) is 15.4. The first-order valence-corrected chi connectivity index (χ1v) is 9.01. The predicted octanol–water partition coefficient (Wildman–Crippen LogP) is 4.99. The average molecular weight is 354 g/mol. The second-order valence-electron chi connectivity index (χ2n) is 5.84. The minimum absolute atomic E-state index is 0.234. The lowest BCUT2D eigenvalue weighted by Crippen LogP contribution is -2.11. The molecule has 0 saturated carbocycles. The summed E-state index contributed by atoms with van der Waals surface area (Å²) in [5, 5.41) is 0. The molecular weight excluding hydrogens is 328 g/mol. The third-order valence-corrected chi connectivity index (χ3v) is 3.53. The lowest BCUT2D eigenvalue weighted by atomic mass is 10.2. The van der Waals surface area contributed by atoms with E-state index in [2.05, 4.69) is 0 Å². The number of ether oxygens (including phenoxy) is 3. The quantitative estimate of drug-likeness (QED) is 0.343. The van der Waals surface area contributed by atoms with Crippen LogP contribution in [0.25, 0.3) is 6.08 Å². The number of hydrogen-bond donors (Lipinski definition) is 0. The first kappa shape index (κ1) is 19.6. The van der Waals surface area contributed by atoms with Gasteiger partial charge >= 0.3 is 5.97 Å². The standard InChI is InChI=1S/C22H26O4/c1-3-14-24-21(22(23)25-15-4-2)16-18-10-12-20(13-11-18)26-17-19-8-6-5-7-9-19/h5-13,16H,3-4,14-15,17H2,1-2H3. The van der Waals surface area contributed by atoms with Crippen molar-refractivity contribution in [3.63, 3.8) is 0 Å². The molecule has 0 aliphatic rings. The number of carbonyl (C=O) groups is 1. The van der Waals surface area contributed by atoms with E-state index >= 15 is 0 Å². The Labute approximate surface area is 155 Å². The smallest absolute Gasteiger partial charge is 0.373 e. The van der Waals surface area contributed by atoms with E-state index in [0.717, 1.165) is 29.7 Å². The fourth-order valence-electron chi connectivity index (χ4n) is 2.19. The van der Waals surface area contributed by atoms with Crippen LogP contribution in [-0.2, 0) is 20.9 Å². The Kier molecular flexibility index (Phi) is 8.27. The summed E-state index contributed by atoms with van der Waals surface area (Å²) in [4.78, 5) is 12.1. The molecule has 0 heterocycles. The van der Waals surface area contributed by atoms with Crippen molar-refractivity contribution in [3.05, 3.63) is 71.5 Å². The van der Waals surface area contributed by atoms with Crippen LogP contribution in [0, 0.1) is 0 Å². The molecule has 0 amide bonds. The molecule has 0 N–H and O–H groups in total. The van der Waals surface area contributed by atoms with E-state index in [9.17, 15) is 4.79 Å². The van der Waals surface area contributed by atoms with E-state index in [-0.39, 0.29) is 5.76 Å². The molecule has 4 nitrogen and oxygen atoms in total. The predicted molar refractivity (Wildman–Crippen MR) is 103 cm³/mol. The third kappa shape index (κ3) is 6.63. The van der Waals surface area contributed by atoms with Gasteiger partial charge < -0.3 is 14.2 Å². The van der Waals surface area contributed by atoms with Gasteiger partial charge in [0.25, 0.3) is 0 Å². The average Bonchev–Trinajstić information content (AvgIpc) is 2.69. The van der Waals surface area contributed by atoms with Crippen LogP contribution in [-0.4, -0.2) is 19.2 Å². The summed E-state index contributed by atoms with van der Waals surface area (Å²) < 4.78 is 16.5. The zero-order chi connectivity index (χ0) is 18.6. The lowest BCUT2D eigenvalue weighted by Gasteiger charge is -2.10. The summed E-state index contributed by atoms with van der Waals surface area (Å²) in [5.74, 6) is 0.582. The van der Waals surface area contributed by atoms with E-state index < -0.39 is 5.97 Å². The summed E-state index contributed by atoms with van der Waals surface area (Å²) in [5.41, 5.74) is 1.97. The Balaban J connectivity index is 2.01. The van der Waals surface area contributed by atoms with Crippen molar-refractivity contribution in [3.8, 4) is 5.75 Å². The van der Waals surface area contributed by atoms with Gasteiger partial charge in [0.1, 0.15) is 12.4 Å². The fourth-order valence-corrected chi connectivity index (χ4v) is 2.19. The largest absolute Gasteiger partial charge is 0.489 e. The van der Waals surface area contributed by atoms with E-state index in [1.165, 1.54) is 0 Å². The molecule has 0 bridgehead atoms. The van der Waals surface area contributed by atoms with E-state index in [4.69, 9.17) is 14.2 Å². The van der Waals surface area contributed by atoms with Crippen LogP contribution in [0.2, 0.25) is 0 Å². The van der Waals surface area contributed by atoms with Crippen molar-refractivity contribution in [1.82, 2.24) is 0 Å². The topological polar surface area (TPSA) is 44.8 Å². The van der Waals surface area contributed by atoms with Gasteiger partial charge in [-0.05, 0) is 42.2 Å². The van der Waals surface area contributed by atoms with Gasteiger partial charge in [-0.1, -0.05) is 56.3 Å². The van der Waals surface area contributed by atoms with E-state index in [1.54, 1.807) is 6.08 Å². The minimum Gasteiger partial charge on any atom is -0.489 e. The molecule has 2 aromatic carbocycles. The minimum atomic E-state index is -0.426. The van der Waals surface area contributed by atoms with Crippen molar-refractivity contribution < 1.29 is 19.0 Å². The summed E-state index contributed by atoms with van der Waals surface area (Å²) in [6, 6.07) is 17.5. The maximum atomic E-state index is 12.1. The number of carbonyl (C=O) groups excluding carboxylic acids is 1. The van der Waals surface area contributed by atoms with Crippen LogP contribution in [0.15, 0.2) is 60.4 Å². The van der Waals surface area contributed by atoms with Crippen molar-refractivity contribution >= 4 is 12.0 Å². The Morgan fingerprint density at radius 2 is 1.54 bits per heavy atom. The summed E-state index contributed by atoms with van der Waals surface area (Å²) in [7, 11) is 0. The Bertz CT molecular complexity index is 690. The summed E-state index contributed by atoms with van der Waals surface area (Å²) in [6.07, 6.45) is 3.31. The lowest BCUT2D eigenvalue weighted by molar-refractivity contribution is -0.142. The van der Waals surface area contributed by atoms with Gasteiger partial charge in [-0.25, -0.2) is 4.79 Å². The Morgan fingerprint density at radius 3 is 2.19 bits per heavy atom. The van der Waals surface area contributed by atoms with Crippen LogP contribution in [0.4, 0.5) is 0 Å². The monoisotopic (exact) mass is 354 g/mol. The van der Waals surface area contributed by atoms with Crippen LogP contribution < -0.4 is 4.74 Å². The van der Waals surface area contributed by atoms with Crippen LogP contribution in [0.3, 0.4) is 0 Å². The van der Waals surface area contributed by atoms with Gasteiger partial charge in [0.2, 0.25) is 5.76 Å². The molecule has 0 aliphatic heterocycles. The number of benzene rings is 2. The highest BCUT2D eigenvalue weighted by Crippen LogP contribution is 2.17. The molecule has 4 heteroatoms. The van der Waals surface area contributed by atoms with E-state index in [1.807, 2.05) is 68.4 Å². The molecule has 2 aromatic rings. The third-order valence-electron chi connectivity index (χ3n) is 3.53. The highest BCUT2D eigenvalue weighted by atomic mass is 16.6. The SMILES string of the molecule is CCCOC(=O)C(=Cc1ccc(OCc2ccccc2)cc1)OCCC. The Morgan fingerprint density at radius 1 is 0.885 bits per heavy atom.